The predicted octanol–water partition coefficient (Wildman–Crippen LogP) is 2.50. The molecule has 28 heavy (non-hydrogen) atoms. The van der Waals surface area contributed by atoms with Crippen molar-refractivity contribution in [1.29, 1.82) is 0 Å². The van der Waals surface area contributed by atoms with Crippen LogP contribution in [0.2, 0.25) is 0 Å². The summed E-state index contributed by atoms with van der Waals surface area (Å²) in [6.07, 6.45) is -2.02. The van der Waals surface area contributed by atoms with Crippen molar-refractivity contribution in [2.24, 2.45) is 0 Å². The summed E-state index contributed by atoms with van der Waals surface area (Å²) >= 11 is 0. The number of fused-ring (bicyclic) bond motifs is 1. The second-order valence-corrected chi connectivity index (χ2v) is 7.44. The number of carbonyl (C=O) groups is 2. The van der Waals surface area contributed by atoms with E-state index in [2.05, 4.69) is 10.6 Å². The topological polar surface area (TPSA) is 81.7 Å². The van der Waals surface area contributed by atoms with Crippen LogP contribution in [0.4, 0.5) is 18.0 Å². The Balaban J connectivity index is 1.53. The number of hydrogen-bond acceptors (Lipinski definition) is 3. The molecule has 2 atom stereocenters. The maximum atomic E-state index is 12.4. The fourth-order valence-corrected chi connectivity index (χ4v) is 4.13. The summed E-state index contributed by atoms with van der Waals surface area (Å²) in [6, 6.07) is 5.70. The molecular formula is C19H24F3N3O3. The summed E-state index contributed by atoms with van der Waals surface area (Å²) in [6.45, 7) is -0.472. The number of nitrogens with one attached hydrogen (secondary N) is 2. The van der Waals surface area contributed by atoms with Gasteiger partial charge in [0.05, 0.1) is 6.54 Å². The zero-order valence-electron chi connectivity index (χ0n) is 15.3. The van der Waals surface area contributed by atoms with Crippen LogP contribution in [0.3, 0.4) is 0 Å². The number of benzene rings is 1. The number of carbonyl (C=O) groups excluding carboxylic acids is 1. The molecule has 1 heterocycles. The molecule has 0 spiro atoms. The Kier molecular flexibility index (Phi) is 6.12. The lowest BCUT2D eigenvalue weighted by atomic mass is 9.93. The molecule has 1 aromatic carbocycles. The third-order valence-electron chi connectivity index (χ3n) is 5.46. The van der Waals surface area contributed by atoms with E-state index in [1.165, 1.54) is 4.90 Å². The van der Waals surface area contributed by atoms with Crippen molar-refractivity contribution in [3.8, 4) is 0 Å². The number of nitrogens with zero attached hydrogens (tertiary/aromatic N) is 1. The van der Waals surface area contributed by atoms with Gasteiger partial charge in [-0.25, -0.2) is 9.59 Å². The average molecular weight is 399 g/mol. The number of urea groups is 1. The summed E-state index contributed by atoms with van der Waals surface area (Å²) in [5.74, 6) is -1.40. The first-order valence-corrected chi connectivity index (χ1v) is 9.39. The molecular weight excluding hydrogens is 375 g/mol. The van der Waals surface area contributed by atoms with Gasteiger partial charge in [-0.3, -0.25) is 4.90 Å². The molecule has 1 fully saturated rings. The number of aliphatic carboxylic acids is 1. The van der Waals surface area contributed by atoms with Gasteiger partial charge in [-0.05, 0) is 36.8 Å². The van der Waals surface area contributed by atoms with Crippen LogP contribution in [0, 0.1) is 0 Å². The molecule has 3 N–H and O–H groups in total. The summed E-state index contributed by atoms with van der Waals surface area (Å²) in [4.78, 5) is 25.4. The van der Waals surface area contributed by atoms with E-state index in [4.69, 9.17) is 0 Å². The van der Waals surface area contributed by atoms with Crippen molar-refractivity contribution >= 4 is 12.0 Å². The van der Waals surface area contributed by atoms with Gasteiger partial charge in [0, 0.05) is 25.0 Å². The molecule has 9 heteroatoms. The van der Waals surface area contributed by atoms with E-state index in [0.29, 0.717) is 19.3 Å². The van der Waals surface area contributed by atoms with E-state index < -0.39 is 30.8 Å². The highest BCUT2D eigenvalue weighted by molar-refractivity contribution is 5.83. The first-order chi connectivity index (χ1) is 13.2. The standard InChI is InChI=1S/C19H24F3N3O3/c20-19(21,22)11-25-9-7-13(8-10-25)23-18(28)24-16(17(26)27)15-6-5-12-3-1-2-4-14(12)15/h1-4,13,15-16H,5-11H2,(H,26,27)(H2,23,24,28). The molecule has 1 aromatic rings. The minimum Gasteiger partial charge on any atom is -0.480 e. The molecule has 6 nitrogen and oxygen atoms in total. The van der Waals surface area contributed by atoms with Crippen LogP contribution in [0.15, 0.2) is 24.3 Å². The van der Waals surface area contributed by atoms with E-state index in [0.717, 1.165) is 17.5 Å². The molecule has 2 amide bonds. The molecule has 2 unspecified atom stereocenters. The third-order valence-corrected chi connectivity index (χ3v) is 5.46. The number of carboxylic acid groups (broad SMARTS) is 1. The van der Waals surface area contributed by atoms with Gasteiger partial charge in [-0.2, -0.15) is 13.2 Å². The largest absolute Gasteiger partial charge is 0.480 e. The van der Waals surface area contributed by atoms with E-state index in [-0.39, 0.29) is 25.0 Å². The second-order valence-electron chi connectivity index (χ2n) is 7.44. The van der Waals surface area contributed by atoms with E-state index in [1.54, 1.807) is 0 Å². The SMILES string of the molecule is O=C(NC1CCN(CC(F)(F)F)CC1)NC(C(=O)O)C1CCc2ccccc21. The van der Waals surface area contributed by atoms with Crippen molar-refractivity contribution in [3.05, 3.63) is 35.4 Å². The van der Waals surface area contributed by atoms with E-state index >= 15 is 0 Å². The highest BCUT2D eigenvalue weighted by Crippen LogP contribution is 2.35. The van der Waals surface area contributed by atoms with Crippen molar-refractivity contribution in [2.75, 3.05) is 19.6 Å². The van der Waals surface area contributed by atoms with Crippen LogP contribution in [0.25, 0.3) is 0 Å². The smallest absolute Gasteiger partial charge is 0.401 e. The van der Waals surface area contributed by atoms with Crippen LogP contribution in [-0.4, -0.2) is 59.9 Å². The van der Waals surface area contributed by atoms with E-state index in [1.807, 2.05) is 24.3 Å². The minimum atomic E-state index is -4.23. The summed E-state index contributed by atoms with van der Waals surface area (Å²) in [7, 11) is 0. The Bertz CT molecular complexity index is 718. The zero-order valence-corrected chi connectivity index (χ0v) is 15.3. The first-order valence-electron chi connectivity index (χ1n) is 9.39. The molecule has 1 aliphatic heterocycles. The number of alkyl halides is 3. The molecule has 3 rings (SSSR count). The highest BCUT2D eigenvalue weighted by Gasteiger charge is 2.36. The fourth-order valence-electron chi connectivity index (χ4n) is 4.13. The zero-order chi connectivity index (χ0) is 20.3. The van der Waals surface area contributed by atoms with Gasteiger partial charge in [0.15, 0.2) is 0 Å². The molecule has 1 saturated heterocycles. The Labute approximate surface area is 161 Å². The monoisotopic (exact) mass is 399 g/mol. The lowest BCUT2D eigenvalue weighted by Gasteiger charge is -2.33. The molecule has 0 radical (unpaired) electrons. The number of carboxylic acids is 1. The van der Waals surface area contributed by atoms with Gasteiger partial charge in [0.2, 0.25) is 0 Å². The van der Waals surface area contributed by atoms with Crippen LogP contribution >= 0.6 is 0 Å². The average Bonchev–Trinajstić information content (AvgIpc) is 3.04. The third kappa shape index (κ3) is 5.15. The summed E-state index contributed by atoms with van der Waals surface area (Å²) in [5, 5.41) is 14.9. The lowest BCUT2D eigenvalue weighted by Crippen LogP contribution is -2.53. The first kappa shape index (κ1) is 20.4. The quantitative estimate of drug-likeness (QED) is 0.711. The molecule has 154 valence electrons. The molecule has 2 aliphatic rings. The maximum Gasteiger partial charge on any atom is 0.401 e. The molecule has 0 bridgehead atoms. The van der Waals surface area contributed by atoms with Gasteiger partial charge >= 0.3 is 18.2 Å². The molecule has 0 aromatic heterocycles. The Hall–Kier alpha value is -2.29. The van der Waals surface area contributed by atoms with E-state index in [9.17, 15) is 27.9 Å². The van der Waals surface area contributed by atoms with Crippen molar-refractivity contribution < 1.29 is 27.9 Å². The van der Waals surface area contributed by atoms with Gasteiger partial charge in [0.25, 0.3) is 0 Å². The summed E-state index contributed by atoms with van der Waals surface area (Å²) < 4.78 is 37.3. The van der Waals surface area contributed by atoms with Crippen molar-refractivity contribution in [1.82, 2.24) is 15.5 Å². The minimum absolute atomic E-state index is 0.239. The Morgan fingerprint density at radius 1 is 1.18 bits per heavy atom. The van der Waals surface area contributed by atoms with Gasteiger partial charge in [0.1, 0.15) is 6.04 Å². The highest BCUT2D eigenvalue weighted by atomic mass is 19.4. The number of rotatable bonds is 5. The van der Waals surface area contributed by atoms with Crippen molar-refractivity contribution in [2.45, 2.75) is 49.9 Å². The molecule has 1 aliphatic carbocycles. The maximum absolute atomic E-state index is 12.4. The predicted molar refractivity (Wildman–Crippen MR) is 96.1 cm³/mol. The van der Waals surface area contributed by atoms with Crippen LogP contribution < -0.4 is 10.6 Å². The van der Waals surface area contributed by atoms with Gasteiger partial charge in [-0.15, -0.1) is 0 Å². The van der Waals surface area contributed by atoms with Gasteiger partial charge in [-0.1, -0.05) is 24.3 Å². The number of amides is 2. The lowest BCUT2D eigenvalue weighted by molar-refractivity contribution is -0.148. The Morgan fingerprint density at radius 3 is 2.50 bits per heavy atom. The number of likely N-dealkylation sites (tertiary alicyclic amines) is 1. The number of piperidine rings is 1. The molecule has 0 saturated carbocycles. The van der Waals surface area contributed by atoms with Crippen LogP contribution in [0.5, 0.6) is 0 Å². The van der Waals surface area contributed by atoms with Crippen molar-refractivity contribution in [3.63, 3.8) is 0 Å². The number of hydrogen-bond donors (Lipinski definition) is 3. The summed E-state index contributed by atoms with van der Waals surface area (Å²) in [5.41, 5.74) is 2.04. The van der Waals surface area contributed by atoms with Gasteiger partial charge < -0.3 is 15.7 Å². The Morgan fingerprint density at radius 2 is 1.86 bits per heavy atom. The fraction of sp³-hybridized carbons (Fsp3) is 0.579. The van der Waals surface area contributed by atoms with Crippen LogP contribution in [-0.2, 0) is 11.2 Å². The number of halogens is 3. The van der Waals surface area contributed by atoms with Crippen LogP contribution in [0.1, 0.15) is 36.3 Å². The second kappa shape index (κ2) is 8.38. The number of aryl methyl sites for hydroxylation is 1. The normalized spacial score (nSPS) is 21.8.